The minimum atomic E-state index is 0.214. The number of aromatic nitrogens is 4. The van der Waals surface area contributed by atoms with E-state index < -0.39 is 0 Å². The Hall–Kier alpha value is -2.90. The van der Waals surface area contributed by atoms with Gasteiger partial charge in [-0.05, 0) is 37.8 Å². The van der Waals surface area contributed by atoms with Crippen molar-refractivity contribution in [1.29, 1.82) is 0 Å². The summed E-state index contributed by atoms with van der Waals surface area (Å²) in [7, 11) is 3.27. The van der Waals surface area contributed by atoms with Crippen molar-refractivity contribution in [3.63, 3.8) is 0 Å². The zero-order chi connectivity index (χ0) is 19.1. The van der Waals surface area contributed by atoms with Crippen LogP contribution < -0.4 is 14.4 Å². The van der Waals surface area contributed by atoms with E-state index in [0.717, 1.165) is 67.1 Å². The van der Waals surface area contributed by atoms with Crippen LogP contribution in [-0.4, -0.2) is 47.7 Å². The molecule has 0 N–H and O–H groups in total. The molecule has 1 aliphatic heterocycles. The fourth-order valence-corrected chi connectivity index (χ4v) is 3.91. The smallest absolute Gasteiger partial charge is 0.221 e. The van der Waals surface area contributed by atoms with Gasteiger partial charge in [-0.1, -0.05) is 0 Å². The van der Waals surface area contributed by atoms with Crippen LogP contribution in [0.15, 0.2) is 22.7 Å². The van der Waals surface area contributed by atoms with Gasteiger partial charge in [0.25, 0.3) is 0 Å². The third-order valence-corrected chi connectivity index (χ3v) is 5.60. The van der Waals surface area contributed by atoms with Crippen LogP contribution >= 0.6 is 0 Å². The lowest BCUT2D eigenvalue weighted by molar-refractivity contribution is 0.356. The van der Waals surface area contributed by atoms with Gasteiger partial charge in [-0.15, -0.1) is 15.3 Å². The number of piperidine rings is 1. The molecule has 0 radical (unpaired) electrons. The summed E-state index contributed by atoms with van der Waals surface area (Å²) >= 11 is 0. The van der Waals surface area contributed by atoms with Crippen LogP contribution in [0.4, 0.5) is 5.82 Å². The summed E-state index contributed by atoms with van der Waals surface area (Å²) < 4.78 is 16.9. The lowest BCUT2D eigenvalue weighted by Gasteiger charge is -2.32. The van der Waals surface area contributed by atoms with Crippen molar-refractivity contribution in [2.24, 2.45) is 0 Å². The van der Waals surface area contributed by atoms with Gasteiger partial charge in [0, 0.05) is 29.8 Å². The van der Waals surface area contributed by atoms with Gasteiger partial charge in [0.05, 0.1) is 26.3 Å². The Kier molecular flexibility index (Phi) is 4.26. The fourth-order valence-electron chi connectivity index (χ4n) is 3.91. The highest BCUT2D eigenvalue weighted by atomic mass is 16.5. The molecule has 2 aliphatic rings. The number of ether oxygens (including phenoxy) is 2. The molecule has 1 aliphatic carbocycles. The van der Waals surface area contributed by atoms with Gasteiger partial charge in [-0.2, -0.15) is 5.10 Å². The second kappa shape index (κ2) is 6.92. The summed E-state index contributed by atoms with van der Waals surface area (Å²) in [6.45, 7) is 1.71. The van der Waals surface area contributed by atoms with Crippen LogP contribution in [0.25, 0.3) is 10.8 Å². The standard InChI is InChI=1S/C20H23N5O3/c1-26-16-8-14-10-21-22-18(15(14)9-17(16)27-2)25-7-3-4-13(11-25)20-24-23-19(28-20)12-5-6-12/h8-10,12-13H,3-7,11H2,1-2H3. The van der Waals surface area contributed by atoms with Crippen molar-refractivity contribution < 1.29 is 13.9 Å². The molecule has 5 rings (SSSR count). The predicted molar refractivity (Wildman–Crippen MR) is 103 cm³/mol. The Morgan fingerprint density at radius 3 is 2.46 bits per heavy atom. The largest absolute Gasteiger partial charge is 0.493 e. The van der Waals surface area contributed by atoms with E-state index in [9.17, 15) is 0 Å². The van der Waals surface area contributed by atoms with Crippen molar-refractivity contribution >= 4 is 16.6 Å². The van der Waals surface area contributed by atoms with E-state index in [2.05, 4.69) is 25.3 Å². The molecule has 1 atom stereocenters. The number of benzene rings is 1. The summed E-state index contributed by atoms with van der Waals surface area (Å²) in [6, 6.07) is 3.91. The zero-order valence-corrected chi connectivity index (χ0v) is 16.1. The third-order valence-electron chi connectivity index (χ3n) is 5.60. The van der Waals surface area contributed by atoms with Gasteiger partial charge in [0.15, 0.2) is 17.3 Å². The predicted octanol–water partition coefficient (Wildman–Crippen LogP) is 3.29. The molecule has 1 saturated carbocycles. The van der Waals surface area contributed by atoms with Crippen molar-refractivity contribution in [2.45, 2.75) is 37.5 Å². The molecule has 3 heterocycles. The summed E-state index contributed by atoms with van der Waals surface area (Å²) in [5.41, 5.74) is 0. The van der Waals surface area contributed by atoms with Crippen molar-refractivity contribution in [3.8, 4) is 11.5 Å². The first-order chi connectivity index (χ1) is 13.8. The van der Waals surface area contributed by atoms with Crippen molar-refractivity contribution in [2.75, 3.05) is 32.2 Å². The van der Waals surface area contributed by atoms with Crippen molar-refractivity contribution in [1.82, 2.24) is 20.4 Å². The van der Waals surface area contributed by atoms with Gasteiger partial charge in [0.1, 0.15) is 0 Å². The Balaban J connectivity index is 1.46. The maximum atomic E-state index is 5.96. The molecule has 1 saturated heterocycles. The molecule has 2 fully saturated rings. The molecule has 3 aromatic rings. The molecule has 0 spiro atoms. The van der Waals surface area contributed by atoms with Crippen LogP contribution in [0.2, 0.25) is 0 Å². The number of hydrogen-bond acceptors (Lipinski definition) is 8. The summed E-state index contributed by atoms with van der Waals surface area (Å²) in [5, 5.41) is 19.2. The van der Waals surface area contributed by atoms with Gasteiger partial charge in [-0.3, -0.25) is 0 Å². The highest BCUT2D eigenvalue weighted by Crippen LogP contribution is 2.41. The third kappa shape index (κ3) is 3.02. The van der Waals surface area contributed by atoms with E-state index in [1.807, 2.05) is 12.1 Å². The maximum Gasteiger partial charge on any atom is 0.221 e. The summed E-state index contributed by atoms with van der Waals surface area (Å²) in [4.78, 5) is 2.26. The molecule has 0 bridgehead atoms. The lowest BCUT2D eigenvalue weighted by Crippen LogP contribution is -2.35. The van der Waals surface area contributed by atoms with Crippen LogP contribution in [-0.2, 0) is 0 Å². The minimum absolute atomic E-state index is 0.214. The number of methoxy groups -OCH3 is 2. The van der Waals surface area contributed by atoms with Gasteiger partial charge in [-0.25, -0.2) is 0 Å². The second-order valence-electron chi connectivity index (χ2n) is 7.50. The summed E-state index contributed by atoms with van der Waals surface area (Å²) in [6.07, 6.45) is 6.15. The first kappa shape index (κ1) is 17.2. The van der Waals surface area contributed by atoms with Gasteiger partial charge >= 0.3 is 0 Å². The lowest BCUT2D eigenvalue weighted by atomic mass is 9.97. The number of anilines is 1. The molecule has 1 unspecified atom stereocenters. The maximum absolute atomic E-state index is 5.96. The normalized spacial score (nSPS) is 19.8. The number of hydrogen-bond donors (Lipinski definition) is 0. The molecule has 2 aromatic heterocycles. The first-order valence-electron chi connectivity index (χ1n) is 9.72. The van der Waals surface area contributed by atoms with Crippen LogP contribution in [0.3, 0.4) is 0 Å². The van der Waals surface area contributed by atoms with Crippen LogP contribution in [0, 0.1) is 0 Å². The van der Waals surface area contributed by atoms with Crippen LogP contribution in [0.5, 0.6) is 11.5 Å². The van der Waals surface area contributed by atoms with E-state index in [-0.39, 0.29) is 5.92 Å². The molecule has 8 nitrogen and oxygen atoms in total. The van der Waals surface area contributed by atoms with Crippen molar-refractivity contribution in [3.05, 3.63) is 30.1 Å². The summed E-state index contributed by atoms with van der Waals surface area (Å²) in [5.74, 6) is 4.46. The van der Waals surface area contributed by atoms with E-state index in [1.165, 1.54) is 0 Å². The Bertz CT molecular complexity index is 1000. The van der Waals surface area contributed by atoms with Gasteiger partial charge in [0.2, 0.25) is 11.8 Å². The van der Waals surface area contributed by atoms with Gasteiger partial charge < -0.3 is 18.8 Å². The first-order valence-corrected chi connectivity index (χ1v) is 9.72. The Labute approximate surface area is 162 Å². The average Bonchev–Trinajstić information content (AvgIpc) is 3.48. The Morgan fingerprint density at radius 1 is 0.964 bits per heavy atom. The minimum Gasteiger partial charge on any atom is -0.493 e. The van der Waals surface area contributed by atoms with E-state index in [4.69, 9.17) is 13.9 Å². The molecule has 28 heavy (non-hydrogen) atoms. The van der Waals surface area contributed by atoms with E-state index in [1.54, 1.807) is 20.4 Å². The molecular formula is C20H23N5O3. The second-order valence-corrected chi connectivity index (χ2v) is 7.50. The van der Waals surface area contributed by atoms with Crippen LogP contribution in [0.1, 0.15) is 49.3 Å². The fraction of sp³-hybridized carbons (Fsp3) is 0.500. The number of fused-ring (bicyclic) bond motifs is 1. The zero-order valence-electron chi connectivity index (χ0n) is 16.1. The van der Waals surface area contributed by atoms with E-state index in [0.29, 0.717) is 17.4 Å². The Morgan fingerprint density at radius 2 is 1.71 bits per heavy atom. The molecule has 146 valence electrons. The monoisotopic (exact) mass is 381 g/mol. The van der Waals surface area contributed by atoms with E-state index >= 15 is 0 Å². The SMILES string of the molecule is COc1cc2cnnc(N3CCCC(c4nnc(C5CC5)o4)C3)c2cc1OC. The molecular weight excluding hydrogens is 358 g/mol. The highest BCUT2D eigenvalue weighted by molar-refractivity contribution is 5.94. The quantitative estimate of drug-likeness (QED) is 0.665. The highest BCUT2D eigenvalue weighted by Gasteiger charge is 2.32. The molecule has 1 aromatic carbocycles. The molecule has 8 heteroatoms. The topological polar surface area (TPSA) is 86.4 Å². The molecule has 0 amide bonds. The average molecular weight is 381 g/mol. The number of nitrogens with zero attached hydrogens (tertiary/aromatic N) is 5. The number of rotatable bonds is 5.